The van der Waals surface area contributed by atoms with Crippen LogP contribution in [0.4, 0.5) is 0 Å². The van der Waals surface area contributed by atoms with E-state index in [1.165, 1.54) is 25.9 Å². The molecule has 132 valence electrons. The van der Waals surface area contributed by atoms with Crippen molar-refractivity contribution in [2.45, 2.75) is 31.8 Å². The molecule has 1 amide bonds. The highest BCUT2D eigenvalue weighted by Gasteiger charge is 2.40. The summed E-state index contributed by atoms with van der Waals surface area (Å²) >= 11 is 3.60. The van der Waals surface area contributed by atoms with Gasteiger partial charge in [0.2, 0.25) is 0 Å². The number of amides is 1. The molecule has 5 heteroatoms. The predicted octanol–water partition coefficient (Wildman–Crippen LogP) is 3.67. The van der Waals surface area contributed by atoms with Crippen LogP contribution in [0.25, 0.3) is 11.3 Å². The number of hydrogen-bond acceptors (Lipinski definition) is 2. The number of carbonyl (C=O) groups excluding carboxylic acids is 1. The number of nitrogens with one attached hydrogen (secondary N) is 1. The first-order chi connectivity index (χ1) is 12.1. The van der Waals surface area contributed by atoms with E-state index < -0.39 is 0 Å². The Morgan fingerprint density at radius 2 is 1.88 bits per heavy atom. The molecule has 2 atom stereocenters. The smallest absolute Gasteiger partial charge is 0.268 e. The minimum absolute atomic E-state index is 0.0337. The third-order valence-corrected chi connectivity index (χ3v) is 6.67. The van der Waals surface area contributed by atoms with E-state index >= 15 is 0 Å². The van der Waals surface area contributed by atoms with E-state index in [0.29, 0.717) is 12.0 Å². The second kappa shape index (κ2) is 6.61. The molecule has 3 aliphatic heterocycles. The van der Waals surface area contributed by atoms with E-state index in [1.54, 1.807) is 0 Å². The summed E-state index contributed by atoms with van der Waals surface area (Å²) in [6.07, 6.45) is 2.40. The van der Waals surface area contributed by atoms with E-state index in [-0.39, 0.29) is 11.9 Å². The normalized spacial score (nSPS) is 28.1. The molecule has 1 aromatic heterocycles. The predicted molar refractivity (Wildman–Crippen MR) is 104 cm³/mol. The fraction of sp³-hybridized carbons (Fsp3) is 0.450. The monoisotopic (exact) mass is 401 g/mol. The van der Waals surface area contributed by atoms with Gasteiger partial charge in [0.1, 0.15) is 5.69 Å². The second-order valence-corrected chi connectivity index (χ2v) is 8.11. The van der Waals surface area contributed by atoms with Gasteiger partial charge in [0.15, 0.2) is 0 Å². The molecule has 2 bridgehead atoms. The molecule has 0 unspecified atom stereocenters. The third-order valence-electron chi connectivity index (χ3n) is 5.98. The number of benzene rings is 1. The van der Waals surface area contributed by atoms with Gasteiger partial charge in [0, 0.05) is 34.9 Å². The van der Waals surface area contributed by atoms with Crippen molar-refractivity contribution in [3.63, 3.8) is 0 Å². The van der Waals surface area contributed by atoms with Gasteiger partial charge in [0.05, 0.1) is 0 Å². The largest absolute Gasteiger partial charge is 0.346 e. The Bertz CT molecular complexity index is 790. The fourth-order valence-corrected chi connectivity index (χ4v) is 4.94. The van der Waals surface area contributed by atoms with Crippen molar-refractivity contribution in [1.29, 1.82) is 0 Å². The van der Waals surface area contributed by atoms with Gasteiger partial charge in [-0.25, -0.2) is 0 Å². The van der Waals surface area contributed by atoms with Crippen molar-refractivity contribution in [2.24, 2.45) is 13.0 Å². The molecule has 3 aliphatic rings. The molecule has 4 heterocycles. The van der Waals surface area contributed by atoms with Gasteiger partial charge in [-0.1, -0.05) is 34.1 Å². The molecule has 0 saturated carbocycles. The number of fused-ring (bicyclic) bond motifs is 3. The van der Waals surface area contributed by atoms with Crippen LogP contribution >= 0.6 is 15.9 Å². The van der Waals surface area contributed by atoms with E-state index in [2.05, 4.69) is 39.1 Å². The molecule has 3 fully saturated rings. The zero-order valence-corrected chi connectivity index (χ0v) is 16.3. The number of aromatic nitrogens is 1. The maximum absolute atomic E-state index is 12.9. The molecular weight excluding hydrogens is 378 g/mol. The number of hydrogen-bond donors (Lipinski definition) is 1. The van der Waals surface area contributed by atoms with Crippen LogP contribution in [0.5, 0.6) is 0 Å². The lowest BCUT2D eigenvalue weighted by molar-refractivity contribution is 0.0215. The topological polar surface area (TPSA) is 37.3 Å². The molecule has 4 nitrogen and oxygen atoms in total. The van der Waals surface area contributed by atoms with E-state index in [9.17, 15) is 4.79 Å². The summed E-state index contributed by atoms with van der Waals surface area (Å²) < 4.78 is 3.02. The molecule has 2 aromatic rings. The van der Waals surface area contributed by atoms with Gasteiger partial charge in [-0.3, -0.25) is 9.69 Å². The first-order valence-electron chi connectivity index (χ1n) is 9.02. The first kappa shape index (κ1) is 16.9. The summed E-state index contributed by atoms with van der Waals surface area (Å²) in [5.74, 6) is 0.651. The summed E-state index contributed by atoms with van der Waals surface area (Å²) in [6, 6.07) is 12.7. The number of rotatable bonds is 3. The zero-order chi connectivity index (χ0) is 17.6. The lowest BCUT2D eigenvalue weighted by Gasteiger charge is -2.49. The van der Waals surface area contributed by atoms with E-state index in [4.69, 9.17) is 0 Å². The fourth-order valence-electron chi connectivity index (χ4n) is 4.45. The van der Waals surface area contributed by atoms with Crippen molar-refractivity contribution in [2.75, 3.05) is 13.1 Å². The summed E-state index contributed by atoms with van der Waals surface area (Å²) in [5, 5.41) is 3.32. The highest BCUT2D eigenvalue weighted by atomic mass is 79.9. The molecule has 0 spiro atoms. The Hall–Kier alpha value is -1.59. The first-order valence-corrected chi connectivity index (χ1v) is 9.81. The van der Waals surface area contributed by atoms with E-state index in [0.717, 1.165) is 21.4 Å². The molecular formula is C20H24BrN3O. The van der Waals surface area contributed by atoms with Crippen LogP contribution in [0.3, 0.4) is 0 Å². The Balaban J connectivity index is 1.57. The Morgan fingerprint density at radius 3 is 2.56 bits per heavy atom. The average Bonchev–Trinajstić information content (AvgIpc) is 3.00. The number of nitrogens with zero attached hydrogens (tertiary/aromatic N) is 2. The van der Waals surface area contributed by atoms with Crippen molar-refractivity contribution in [3.8, 4) is 11.3 Å². The zero-order valence-electron chi connectivity index (χ0n) is 14.7. The molecule has 5 rings (SSSR count). The molecule has 0 radical (unpaired) electrons. The van der Waals surface area contributed by atoms with Gasteiger partial charge in [-0.05, 0) is 57.0 Å². The van der Waals surface area contributed by atoms with Crippen molar-refractivity contribution >= 4 is 21.8 Å². The third kappa shape index (κ3) is 2.93. The molecule has 25 heavy (non-hydrogen) atoms. The SMILES string of the molecule is C[C@H]1[C@H](NC(=O)c2ccc(-c3ccccc3Br)n2C)C2CCN1CC2. The minimum atomic E-state index is 0.0337. The lowest BCUT2D eigenvalue weighted by atomic mass is 9.79. The quantitative estimate of drug-likeness (QED) is 0.851. The van der Waals surface area contributed by atoms with E-state index in [1.807, 2.05) is 41.9 Å². The summed E-state index contributed by atoms with van der Waals surface area (Å²) in [5.41, 5.74) is 2.86. The second-order valence-electron chi connectivity index (χ2n) is 7.26. The highest BCUT2D eigenvalue weighted by Crippen LogP contribution is 2.33. The van der Waals surface area contributed by atoms with Gasteiger partial charge >= 0.3 is 0 Å². The lowest BCUT2D eigenvalue weighted by Crippen LogP contribution is -2.62. The minimum Gasteiger partial charge on any atom is -0.346 e. The molecule has 1 aromatic carbocycles. The number of carbonyl (C=O) groups is 1. The van der Waals surface area contributed by atoms with Crippen LogP contribution in [0.2, 0.25) is 0 Å². The Kier molecular flexibility index (Phi) is 4.46. The average molecular weight is 402 g/mol. The number of halogens is 1. The van der Waals surface area contributed by atoms with Gasteiger partial charge in [0.25, 0.3) is 5.91 Å². The van der Waals surface area contributed by atoms with Crippen LogP contribution in [0.1, 0.15) is 30.3 Å². The molecule has 1 N–H and O–H groups in total. The van der Waals surface area contributed by atoms with Gasteiger partial charge in [-0.15, -0.1) is 0 Å². The Morgan fingerprint density at radius 1 is 1.16 bits per heavy atom. The summed E-state index contributed by atoms with van der Waals surface area (Å²) in [4.78, 5) is 15.4. The molecule has 3 saturated heterocycles. The van der Waals surface area contributed by atoms with Crippen molar-refractivity contribution in [3.05, 3.63) is 46.6 Å². The standard InChI is InChI=1S/C20H24BrN3O/c1-13-19(14-9-11-24(13)12-10-14)22-20(25)18-8-7-17(23(18)2)15-5-3-4-6-16(15)21/h3-8,13-14,19H,9-12H2,1-2H3,(H,22,25)/t13-,19-/m0/s1. The Labute approximate surface area is 157 Å². The van der Waals surface area contributed by atoms with Crippen LogP contribution in [-0.4, -0.2) is 40.5 Å². The van der Waals surface area contributed by atoms with Crippen molar-refractivity contribution in [1.82, 2.24) is 14.8 Å². The van der Waals surface area contributed by atoms with Crippen molar-refractivity contribution < 1.29 is 4.79 Å². The van der Waals surface area contributed by atoms with Gasteiger partial charge < -0.3 is 9.88 Å². The van der Waals surface area contributed by atoms with Crippen LogP contribution < -0.4 is 5.32 Å². The maximum Gasteiger partial charge on any atom is 0.268 e. The van der Waals surface area contributed by atoms with Crippen LogP contribution in [0.15, 0.2) is 40.9 Å². The van der Waals surface area contributed by atoms with Crippen LogP contribution in [-0.2, 0) is 7.05 Å². The highest BCUT2D eigenvalue weighted by molar-refractivity contribution is 9.10. The van der Waals surface area contributed by atoms with Crippen LogP contribution in [0, 0.1) is 5.92 Å². The number of piperidine rings is 3. The maximum atomic E-state index is 12.9. The summed E-state index contributed by atoms with van der Waals surface area (Å²) in [7, 11) is 1.96. The molecule has 0 aliphatic carbocycles. The summed E-state index contributed by atoms with van der Waals surface area (Å²) in [6.45, 7) is 4.59. The van der Waals surface area contributed by atoms with Gasteiger partial charge in [-0.2, -0.15) is 0 Å².